The second-order valence-electron chi connectivity index (χ2n) is 4.18. The van der Waals surface area contributed by atoms with Crippen molar-refractivity contribution in [2.24, 2.45) is 0 Å². The Hall–Kier alpha value is -1.86. The van der Waals surface area contributed by atoms with Gasteiger partial charge in [-0.25, -0.2) is 22.2 Å². The van der Waals surface area contributed by atoms with E-state index in [2.05, 4.69) is 4.98 Å². The summed E-state index contributed by atoms with van der Waals surface area (Å²) in [6.07, 6.45) is 1.21. The Morgan fingerprint density at radius 2 is 1.80 bits per heavy atom. The van der Waals surface area contributed by atoms with Crippen molar-refractivity contribution in [3.63, 3.8) is 0 Å². The van der Waals surface area contributed by atoms with Crippen molar-refractivity contribution in [2.45, 2.75) is 11.6 Å². The van der Waals surface area contributed by atoms with E-state index in [1.807, 2.05) is 0 Å². The molecular weight excluding hydrogens is 286 g/mol. The second kappa shape index (κ2) is 5.64. The van der Waals surface area contributed by atoms with Gasteiger partial charge in [-0.1, -0.05) is 12.1 Å². The van der Waals surface area contributed by atoms with Gasteiger partial charge in [-0.3, -0.25) is 0 Å². The van der Waals surface area contributed by atoms with Crippen LogP contribution in [0.25, 0.3) is 0 Å². The minimum atomic E-state index is -4.02. The largest absolute Gasteiger partial charge is 0.263 e. The van der Waals surface area contributed by atoms with Gasteiger partial charge in [-0.2, -0.15) is 4.31 Å². The van der Waals surface area contributed by atoms with Gasteiger partial charge in [0.05, 0.1) is 0 Å². The summed E-state index contributed by atoms with van der Waals surface area (Å²) < 4.78 is 51.6. The van der Waals surface area contributed by atoms with Crippen LogP contribution >= 0.6 is 0 Å². The number of pyridine rings is 1. The molecule has 2 aromatic rings. The Balaban J connectivity index is 2.26. The van der Waals surface area contributed by atoms with Crippen LogP contribution in [-0.4, -0.2) is 24.8 Å². The number of hydrogen-bond acceptors (Lipinski definition) is 3. The summed E-state index contributed by atoms with van der Waals surface area (Å²) in [5.74, 6) is -1.31. The van der Waals surface area contributed by atoms with Gasteiger partial charge in [-0.05, 0) is 29.8 Å². The van der Waals surface area contributed by atoms with Gasteiger partial charge in [0.1, 0.15) is 5.82 Å². The molecule has 1 aromatic carbocycles. The smallest absolute Gasteiger partial charge is 0.241 e. The molecule has 0 unspecified atom stereocenters. The molecular formula is C13H12F2N2O2S. The fourth-order valence-corrected chi connectivity index (χ4v) is 2.76. The van der Waals surface area contributed by atoms with Crippen LogP contribution in [0.15, 0.2) is 47.6 Å². The molecule has 20 heavy (non-hydrogen) atoms. The van der Waals surface area contributed by atoms with E-state index in [0.29, 0.717) is 5.56 Å². The van der Waals surface area contributed by atoms with Crippen LogP contribution in [-0.2, 0) is 16.6 Å². The van der Waals surface area contributed by atoms with Gasteiger partial charge in [0.2, 0.25) is 5.03 Å². The minimum Gasteiger partial charge on any atom is -0.241 e. The van der Waals surface area contributed by atoms with E-state index in [1.54, 1.807) is 0 Å². The average molecular weight is 298 g/mol. The molecule has 0 spiro atoms. The summed E-state index contributed by atoms with van der Waals surface area (Å²) in [6, 6.07) is 7.75. The zero-order valence-electron chi connectivity index (χ0n) is 10.6. The van der Waals surface area contributed by atoms with Crippen molar-refractivity contribution in [1.29, 1.82) is 0 Å². The average Bonchev–Trinajstić information content (AvgIpc) is 2.41. The molecule has 7 heteroatoms. The number of nitrogens with zero attached hydrogens (tertiary/aromatic N) is 2. The predicted octanol–water partition coefficient (Wildman–Crippen LogP) is 2.18. The van der Waals surface area contributed by atoms with E-state index >= 15 is 0 Å². The van der Waals surface area contributed by atoms with Crippen LogP contribution in [0.4, 0.5) is 8.78 Å². The van der Waals surface area contributed by atoms with Crippen molar-refractivity contribution in [1.82, 2.24) is 9.29 Å². The number of aromatic nitrogens is 1. The van der Waals surface area contributed by atoms with E-state index in [0.717, 1.165) is 10.4 Å². The minimum absolute atomic E-state index is 0.00136. The summed E-state index contributed by atoms with van der Waals surface area (Å²) in [7, 11) is -2.71. The first-order chi connectivity index (χ1) is 9.41. The molecule has 0 saturated heterocycles. The lowest BCUT2D eigenvalue weighted by atomic mass is 10.2. The molecule has 0 aliphatic heterocycles. The first kappa shape index (κ1) is 14.5. The van der Waals surface area contributed by atoms with Crippen molar-refractivity contribution in [2.75, 3.05) is 7.05 Å². The SMILES string of the molecule is CN(Cc1ccc(F)cc1)S(=O)(=O)c1ncccc1F. The Kier molecular flexibility index (Phi) is 4.10. The van der Waals surface area contributed by atoms with E-state index < -0.39 is 26.7 Å². The van der Waals surface area contributed by atoms with E-state index in [-0.39, 0.29) is 6.54 Å². The highest BCUT2D eigenvalue weighted by atomic mass is 32.2. The lowest BCUT2D eigenvalue weighted by Crippen LogP contribution is -2.28. The van der Waals surface area contributed by atoms with Gasteiger partial charge in [-0.15, -0.1) is 0 Å². The van der Waals surface area contributed by atoms with Crippen LogP contribution in [0, 0.1) is 11.6 Å². The predicted molar refractivity (Wildman–Crippen MR) is 69.2 cm³/mol. The Bertz CT molecular complexity index is 703. The Labute approximate surface area is 115 Å². The van der Waals surface area contributed by atoms with Crippen LogP contribution < -0.4 is 0 Å². The molecule has 0 amide bonds. The molecule has 2 rings (SSSR count). The zero-order chi connectivity index (χ0) is 14.8. The number of halogens is 2. The first-order valence-corrected chi connectivity index (χ1v) is 7.16. The lowest BCUT2D eigenvalue weighted by molar-refractivity contribution is 0.454. The standard InChI is InChI=1S/C13H12F2N2O2S/c1-17(9-10-4-6-11(14)7-5-10)20(18,19)13-12(15)3-2-8-16-13/h2-8H,9H2,1H3. The summed E-state index contributed by atoms with van der Waals surface area (Å²) in [4.78, 5) is 3.56. The fraction of sp³-hybridized carbons (Fsp3) is 0.154. The lowest BCUT2D eigenvalue weighted by Gasteiger charge is -2.16. The Morgan fingerprint density at radius 3 is 2.40 bits per heavy atom. The number of sulfonamides is 1. The molecule has 0 radical (unpaired) electrons. The molecule has 0 N–H and O–H groups in total. The number of rotatable bonds is 4. The van der Waals surface area contributed by atoms with Crippen molar-refractivity contribution in [3.8, 4) is 0 Å². The quantitative estimate of drug-likeness (QED) is 0.869. The third kappa shape index (κ3) is 3.00. The summed E-state index contributed by atoms with van der Waals surface area (Å²) in [5.41, 5.74) is 0.591. The first-order valence-electron chi connectivity index (χ1n) is 5.72. The summed E-state index contributed by atoms with van der Waals surface area (Å²) >= 11 is 0. The van der Waals surface area contributed by atoms with Gasteiger partial charge in [0.25, 0.3) is 10.0 Å². The maximum atomic E-state index is 13.5. The fourth-order valence-electron chi connectivity index (χ4n) is 1.64. The molecule has 0 bridgehead atoms. The number of hydrogen-bond donors (Lipinski definition) is 0. The zero-order valence-corrected chi connectivity index (χ0v) is 11.4. The van der Waals surface area contributed by atoms with Gasteiger partial charge >= 0.3 is 0 Å². The Morgan fingerprint density at radius 1 is 1.15 bits per heavy atom. The monoisotopic (exact) mass is 298 g/mol. The molecule has 1 aromatic heterocycles. The van der Waals surface area contributed by atoms with Crippen LogP contribution in [0.1, 0.15) is 5.56 Å². The van der Waals surface area contributed by atoms with Gasteiger partial charge < -0.3 is 0 Å². The molecule has 0 aliphatic carbocycles. The molecule has 0 fully saturated rings. The normalized spacial score (nSPS) is 11.8. The molecule has 0 atom stereocenters. The molecule has 1 heterocycles. The highest BCUT2D eigenvalue weighted by molar-refractivity contribution is 7.89. The van der Waals surface area contributed by atoms with Gasteiger partial charge in [0.15, 0.2) is 5.82 Å². The molecule has 0 aliphatic rings. The molecule has 4 nitrogen and oxygen atoms in total. The second-order valence-corrected chi connectivity index (χ2v) is 6.14. The topological polar surface area (TPSA) is 50.3 Å². The summed E-state index contributed by atoms with van der Waals surface area (Å²) in [6.45, 7) is -0.00136. The third-order valence-corrected chi connectivity index (χ3v) is 4.44. The van der Waals surface area contributed by atoms with Crippen LogP contribution in [0.5, 0.6) is 0 Å². The van der Waals surface area contributed by atoms with Crippen molar-refractivity contribution < 1.29 is 17.2 Å². The maximum Gasteiger partial charge on any atom is 0.263 e. The van der Waals surface area contributed by atoms with Crippen molar-refractivity contribution >= 4 is 10.0 Å². The van der Waals surface area contributed by atoms with E-state index in [9.17, 15) is 17.2 Å². The highest BCUT2D eigenvalue weighted by Crippen LogP contribution is 2.17. The third-order valence-electron chi connectivity index (χ3n) is 2.70. The van der Waals surface area contributed by atoms with Crippen LogP contribution in [0.3, 0.4) is 0 Å². The number of benzene rings is 1. The molecule has 0 saturated carbocycles. The van der Waals surface area contributed by atoms with Crippen LogP contribution in [0.2, 0.25) is 0 Å². The van der Waals surface area contributed by atoms with Gasteiger partial charge in [0, 0.05) is 19.8 Å². The van der Waals surface area contributed by atoms with Crippen molar-refractivity contribution in [3.05, 3.63) is 59.8 Å². The van der Waals surface area contributed by atoms with E-state index in [4.69, 9.17) is 0 Å². The molecule has 106 valence electrons. The maximum absolute atomic E-state index is 13.5. The highest BCUT2D eigenvalue weighted by Gasteiger charge is 2.25. The summed E-state index contributed by atoms with van der Waals surface area (Å²) in [5, 5.41) is -0.621. The van der Waals surface area contributed by atoms with E-state index in [1.165, 1.54) is 43.6 Å².